The van der Waals surface area contributed by atoms with Crippen LogP contribution in [0.25, 0.3) is 0 Å². The van der Waals surface area contributed by atoms with E-state index in [1.807, 2.05) is 0 Å². The Morgan fingerprint density at radius 2 is 0.400 bits per heavy atom. The van der Waals surface area contributed by atoms with Crippen molar-refractivity contribution >= 4 is 51.2 Å². The Kier molecular flexibility index (Phi) is 172. The second-order valence-electron chi connectivity index (χ2n) is 0. The van der Waals surface area contributed by atoms with Crippen molar-refractivity contribution in [1.29, 1.82) is 0 Å². The van der Waals surface area contributed by atoms with Gasteiger partial charge >= 0.3 is 76.3 Å². The molecule has 0 unspecified atom stereocenters. The molecule has 0 aliphatic rings. The Morgan fingerprint density at radius 3 is 0.400 bits per heavy atom. The zero-order valence-corrected chi connectivity index (χ0v) is 11.1. The fourth-order valence-corrected chi connectivity index (χ4v) is 0. The van der Waals surface area contributed by atoms with Crippen LogP contribution in [0.15, 0.2) is 0 Å². The maximum absolute atomic E-state index is 0. The smallest absolute Gasteiger partial charge is 2.00 e. The van der Waals surface area contributed by atoms with Gasteiger partial charge in [0.1, 0.15) is 0 Å². The van der Waals surface area contributed by atoms with Gasteiger partial charge in [0, 0.05) is 0 Å². The summed E-state index contributed by atoms with van der Waals surface area (Å²) < 4.78 is 0. The number of hydrogen-bond donors (Lipinski definition) is 0. The van der Waals surface area contributed by atoms with E-state index in [4.69, 9.17) is 0 Å². The zero-order chi connectivity index (χ0) is 0. The van der Waals surface area contributed by atoms with Crippen molar-refractivity contribution in [1.82, 2.24) is 0 Å². The molecule has 2 radical (unpaired) electrons. The number of hydrogen-bond acceptors (Lipinski definition) is 0. The molecular weight excluding hydrogens is 562 g/mol. The molecule has 0 aromatic rings. The van der Waals surface area contributed by atoms with E-state index in [0.29, 0.717) is 0 Å². The summed E-state index contributed by atoms with van der Waals surface area (Å²) in [4.78, 5) is 0. The summed E-state index contributed by atoms with van der Waals surface area (Å²) in [6.45, 7) is 0. The molecular formula is Dy2Se3. The van der Waals surface area contributed by atoms with E-state index >= 15 is 0 Å². The molecule has 0 nitrogen and oxygen atoms in total. The topological polar surface area (TPSA) is 0 Å². The van der Waals surface area contributed by atoms with Crippen molar-refractivity contribution in [2.45, 2.75) is 0 Å². The van der Waals surface area contributed by atoms with Crippen LogP contribution in [0.1, 0.15) is 0 Å². The van der Waals surface area contributed by atoms with E-state index in [-0.39, 0.29) is 128 Å². The van der Waals surface area contributed by atoms with Gasteiger partial charge in [-0.1, -0.05) is 0 Å². The minimum Gasteiger partial charge on any atom is -2.00 e. The van der Waals surface area contributed by atoms with Gasteiger partial charge in [0.05, 0.1) is 0 Å². The molecule has 0 N–H and O–H groups in total. The van der Waals surface area contributed by atoms with Gasteiger partial charge in [0.2, 0.25) is 0 Å². The quantitative estimate of drug-likeness (QED) is 0.328. The average Bonchev–Trinajstić information content (AvgIpc) is 0. The SMILES string of the molecule is [Dy+3].[Dy+3].[Se-2].[Se-2].[Se-2]. The molecule has 0 saturated heterocycles. The van der Waals surface area contributed by atoms with Crippen molar-refractivity contribution in [3.63, 3.8) is 0 Å². The van der Waals surface area contributed by atoms with Gasteiger partial charge in [-0.05, 0) is 0 Å². The van der Waals surface area contributed by atoms with E-state index in [2.05, 4.69) is 0 Å². The van der Waals surface area contributed by atoms with Crippen molar-refractivity contribution in [3.05, 3.63) is 0 Å². The van der Waals surface area contributed by atoms with Gasteiger partial charge in [-0.15, -0.1) is 0 Å². The van der Waals surface area contributed by atoms with Gasteiger partial charge < -0.3 is 51.2 Å². The second-order valence-corrected chi connectivity index (χ2v) is 0. The minimum atomic E-state index is 0. The summed E-state index contributed by atoms with van der Waals surface area (Å²) in [6.07, 6.45) is 0. The Bertz CT molecular complexity index is 4.85. The molecule has 0 spiro atoms. The maximum atomic E-state index is 0. The van der Waals surface area contributed by atoms with Crippen LogP contribution in [0.5, 0.6) is 0 Å². The Balaban J connectivity index is 0. The summed E-state index contributed by atoms with van der Waals surface area (Å²) >= 11 is 0. The van der Waals surface area contributed by atoms with E-state index in [1.54, 1.807) is 0 Å². The molecule has 0 aliphatic heterocycles. The third-order valence-corrected chi connectivity index (χ3v) is 0. The van der Waals surface area contributed by atoms with E-state index in [0.717, 1.165) is 0 Å². The predicted molar refractivity (Wildman–Crippen MR) is 17.3 cm³/mol. The molecule has 0 rings (SSSR count). The third kappa shape index (κ3) is 17.9. The van der Waals surface area contributed by atoms with Crippen molar-refractivity contribution < 1.29 is 76.3 Å². The molecule has 0 saturated carbocycles. The summed E-state index contributed by atoms with van der Waals surface area (Å²) in [5.41, 5.74) is 0. The first-order valence-electron chi connectivity index (χ1n) is 0. The van der Waals surface area contributed by atoms with Gasteiger partial charge in [-0.2, -0.15) is 0 Å². The molecule has 0 aromatic heterocycles. The van der Waals surface area contributed by atoms with Gasteiger partial charge in [0.25, 0.3) is 0 Å². The van der Waals surface area contributed by atoms with E-state index in [9.17, 15) is 0 Å². The van der Waals surface area contributed by atoms with Crippen LogP contribution >= 0.6 is 0 Å². The molecule has 0 heterocycles. The van der Waals surface area contributed by atoms with Crippen molar-refractivity contribution in [2.24, 2.45) is 0 Å². The fraction of sp³-hybridized carbons (Fsp3) is 0. The van der Waals surface area contributed by atoms with Crippen LogP contribution in [-0.2, 0) is 0 Å². The fourth-order valence-electron chi connectivity index (χ4n) is 0. The maximum Gasteiger partial charge on any atom is 3.00 e. The van der Waals surface area contributed by atoms with Crippen LogP contribution < -0.4 is 0 Å². The molecule has 0 atom stereocenters. The average molecular weight is 562 g/mol. The van der Waals surface area contributed by atoms with Gasteiger partial charge in [-0.3, -0.25) is 0 Å². The predicted octanol–water partition coefficient (Wildman–Crippen LogP) is -1.14. The monoisotopic (exact) mass is 568 g/mol. The minimum absolute atomic E-state index is 0. The molecule has 38 valence electrons. The molecule has 5 heavy (non-hydrogen) atoms. The molecule has 5 heteroatoms. The summed E-state index contributed by atoms with van der Waals surface area (Å²) in [7, 11) is 0. The molecule has 0 bridgehead atoms. The van der Waals surface area contributed by atoms with E-state index in [1.165, 1.54) is 0 Å². The Labute approximate surface area is 124 Å². The van der Waals surface area contributed by atoms with Crippen molar-refractivity contribution in [3.8, 4) is 0 Å². The standard InChI is InChI=1S/2Dy.3Se/q2*+3;3*-2. The first-order chi connectivity index (χ1) is 0. The van der Waals surface area contributed by atoms with Crippen molar-refractivity contribution in [2.75, 3.05) is 0 Å². The summed E-state index contributed by atoms with van der Waals surface area (Å²) in [5.74, 6) is 0. The third-order valence-electron chi connectivity index (χ3n) is 0. The zero-order valence-electron chi connectivity index (χ0n) is 1.86. The Morgan fingerprint density at radius 1 is 0.400 bits per heavy atom. The van der Waals surface area contributed by atoms with Crippen LogP contribution in [0, 0.1) is 76.3 Å². The first-order valence-corrected chi connectivity index (χ1v) is 0. The van der Waals surface area contributed by atoms with Crippen LogP contribution in [0.2, 0.25) is 0 Å². The van der Waals surface area contributed by atoms with Gasteiger partial charge in [0.15, 0.2) is 0 Å². The van der Waals surface area contributed by atoms with Crippen LogP contribution in [-0.4, -0.2) is 51.2 Å². The normalized spacial score (nSPS) is 0. The Hall–Kier alpha value is 4.10. The summed E-state index contributed by atoms with van der Waals surface area (Å²) in [5, 5.41) is 0. The molecule has 0 aromatic carbocycles. The second kappa shape index (κ2) is 24.3. The number of rotatable bonds is 0. The summed E-state index contributed by atoms with van der Waals surface area (Å²) in [6, 6.07) is 0. The van der Waals surface area contributed by atoms with Gasteiger partial charge in [-0.25, -0.2) is 0 Å². The largest absolute Gasteiger partial charge is 3.00 e. The van der Waals surface area contributed by atoms with Crippen LogP contribution in [0.4, 0.5) is 0 Å². The van der Waals surface area contributed by atoms with Crippen LogP contribution in [0.3, 0.4) is 0 Å². The van der Waals surface area contributed by atoms with E-state index < -0.39 is 0 Å². The molecule has 0 amide bonds. The first kappa shape index (κ1) is 35.5. The molecule has 0 aliphatic carbocycles. The molecule has 0 fully saturated rings.